The Morgan fingerprint density at radius 1 is 0.882 bits per heavy atom. The van der Waals surface area contributed by atoms with Gasteiger partial charge in [-0.15, -0.1) is 0 Å². The van der Waals surface area contributed by atoms with Gasteiger partial charge in [-0.05, 0) is 42.8 Å². The maximum absolute atomic E-state index is 13.3. The van der Waals surface area contributed by atoms with Gasteiger partial charge in [0.25, 0.3) is 5.91 Å². The van der Waals surface area contributed by atoms with Gasteiger partial charge < -0.3 is 4.90 Å². The molecule has 0 bridgehead atoms. The first-order valence-corrected chi connectivity index (χ1v) is 13.5. The van der Waals surface area contributed by atoms with Crippen LogP contribution in [0, 0.1) is 0 Å². The predicted octanol–water partition coefficient (Wildman–Crippen LogP) is 2.39. The fraction of sp³-hybridized carbons (Fsp3) is 0.381. The van der Waals surface area contributed by atoms with Crippen molar-refractivity contribution in [1.82, 2.24) is 9.21 Å². The molecule has 1 amide bonds. The van der Waals surface area contributed by atoms with Crippen LogP contribution in [0.1, 0.15) is 22.3 Å². The maximum Gasteiger partial charge on any atom is 0.417 e. The molecule has 2 aromatic rings. The van der Waals surface area contributed by atoms with Crippen molar-refractivity contribution in [2.45, 2.75) is 17.5 Å². The number of hydrogen-bond acceptors (Lipinski definition) is 5. The van der Waals surface area contributed by atoms with E-state index in [1.165, 1.54) is 27.4 Å². The summed E-state index contributed by atoms with van der Waals surface area (Å²) in [5.41, 5.74) is -0.457. The molecule has 2 aliphatic heterocycles. The number of nitrogens with zero attached hydrogens (tertiary/aromatic N) is 3. The minimum atomic E-state index is -4.82. The Morgan fingerprint density at radius 3 is 2.06 bits per heavy atom. The molecule has 0 saturated carbocycles. The summed E-state index contributed by atoms with van der Waals surface area (Å²) in [4.78, 5) is 13.5. The second kappa shape index (κ2) is 8.86. The first-order valence-electron chi connectivity index (χ1n) is 10.5. The highest BCUT2D eigenvalue weighted by molar-refractivity contribution is 7.93. The summed E-state index contributed by atoms with van der Waals surface area (Å²) in [5, 5.41) is 0. The lowest BCUT2D eigenvalue weighted by Gasteiger charge is -2.34. The lowest BCUT2D eigenvalue weighted by Crippen LogP contribution is -2.50. The molecule has 0 atom stereocenters. The molecular weight excluding hydrogens is 495 g/mol. The van der Waals surface area contributed by atoms with Crippen LogP contribution in [-0.4, -0.2) is 70.4 Å². The number of carbonyl (C=O) groups excluding carboxylic acids is 1. The van der Waals surface area contributed by atoms with Gasteiger partial charge in [-0.25, -0.2) is 16.8 Å². The van der Waals surface area contributed by atoms with Gasteiger partial charge >= 0.3 is 6.18 Å². The summed E-state index contributed by atoms with van der Waals surface area (Å²) in [6.07, 6.45) is -4.29. The van der Waals surface area contributed by atoms with Crippen LogP contribution < -0.4 is 4.31 Å². The molecule has 13 heteroatoms. The zero-order valence-electron chi connectivity index (χ0n) is 17.9. The summed E-state index contributed by atoms with van der Waals surface area (Å²) in [6.45, 7) is 0.0985. The van der Waals surface area contributed by atoms with E-state index >= 15 is 0 Å². The quantitative estimate of drug-likeness (QED) is 0.621. The molecule has 8 nitrogen and oxygen atoms in total. The number of alkyl halides is 3. The van der Waals surface area contributed by atoms with Crippen molar-refractivity contribution in [3.63, 3.8) is 0 Å². The van der Waals surface area contributed by atoms with E-state index in [2.05, 4.69) is 0 Å². The lowest BCUT2D eigenvalue weighted by atomic mass is 10.1. The Kier molecular flexibility index (Phi) is 6.38. The highest BCUT2D eigenvalue weighted by Gasteiger charge is 2.40. The molecule has 184 valence electrons. The zero-order chi connectivity index (χ0) is 24.7. The average molecular weight is 518 g/mol. The molecule has 34 heavy (non-hydrogen) atoms. The van der Waals surface area contributed by atoms with E-state index in [0.717, 1.165) is 22.5 Å². The Hall–Kier alpha value is -2.64. The summed E-state index contributed by atoms with van der Waals surface area (Å²) < 4.78 is 92.0. The van der Waals surface area contributed by atoms with Crippen LogP contribution in [0.5, 0.6) is 0 Å². The van der Waals surface area contributed by atoms with Gasteiger partial charge in [0, 0.05) is 38.3 Å². The standard InChI is InChI=1S/C21H22F3N3O5S2/c22-21(23,24)18-4-1-2-5-19(18)34(31,32)26-13-11-25(12-14-26)20(28)16-6-8-17(9-7-16)27-10-3-15-33(27,29)30/h1-2,4-9H,3,10-15H2. The SMILES string of the molecule is O=C(c1ccc(N2CCCS2(=O)=O)cc1)N1CCN(S(=O)(=O)c2ccccc2C(F)(F)F)CC1. The van der Waals surface area contributed by atoms with Gasteiger partial charge in [-0.2, -0.15) is 17.5 Å². The molecule has 2 saturated heterocycles. The van der Waals surface area contributed by atoms with Crippen molar-refractivity contribution < 1.29 is 34.8 Å². The van der Waals surface area contributed by atoms with Crippen molar-refractivity contribution in [2.75, 3.05) is 42.8 Å². The van der Waals surface area contributed by atoms with Crippen molar-refractivity contribution in [3.05, 3.63) is 59.7 Å². The molecule has 2 aliphatic rings. The van der Waals surface area contributed by atoms with Gasteiger partial charge in [0.05, 0.1) is 21.9 Å². The van der Waals surface area contributed by atoms with E-state index < -0.39 is 36.7 Å². The highest BCUT2D eigenvalue weighted by atomic mass is 32.2. The third-order valence-electron chi connectivity index (χ3n) is 5.84. The average Bonchev–Trinajstić information content (AvgIpc) is 3.17. The second-order valence-corrected chi connectivity index (χ2v) is 11.9. The Bertz CT molecular complexity index is 1290. The topological polar surface area (TPSA) is 95.1 Å². The summed E-state index contributed by atoms with van der Waals surface area (Å²) in [7, 11) is -7.75. The van der Waals surface area contributed by atoms with Crippen molar-refractivity contribution >= 4 is 31.6 Å². The number of halogens is 3. The van der Waals surface area contributed by atoms with Crippen molar-refractivity contribution in [1.29, 1.82) is 0 Å². The number of hydrogen-bond donors (Lipinski definition) is 0. The normalized spacial score (nSPS) is 19.4. The molecule has 0 unspecified atom stereocenters. The number of piperazine rings is 1. The predicted molar refractivity (Wildman–Crippen MR) is 118 cm³/mol. The van der Waals surface area contributed by atoms with Gasteiger partial charge in [0.2, 0.25) is 20.0 Å². The smallest absolute Gasteiger partial charge is 0.336 e. The highest BCUT2D eigenvalue weighted by Crippen LogP contribution is 2.35. The molecule has 2 heterocycles. The largest absolute Gasteiger partial charge is 0.417 e. The van der Waals surface area contributed by atoms with E-state index in [9.17, 15) is 34.8 Å². The third-order valence-corrected chi connectivity index (χ3v) is 9.66. The van der Waals surface area contributed by atoms with Gasteiger partial charge in [0.1, 0.15) is 0 Å². The zero-order valence-corrected chi connectivity index (χ0v) is 19.5. The van der Waals surface area contributed by atoms with Crippen LogP contribution in [0.3, 0.4) is 0 Å². The molecular formula is C21H22F3N3O5S2. The molecule has 0 aliphatic carbocycles. The molecule has 0 spiro atoms. The molecule has 4 rings (SSSR count). The fourth-order valence-electron chi connectivity index (χ4n) is 4.08. The van der Waals surface area contributed by atoms with E-state index in [1.807, 2.05) is 0 Å². The number of amides is 1. The van der Waals surface area contributed by atoms with Crippen LogP contribution in [0.2, 0.25) is 0 Å². The Morgan fingerprint density at radius 2 is 1.50 bits per heavy atom. The first-order chi connectivity index (χ1) is 15.9. The Labute approximate surface area is 195 Å². The van der Waals surface area contributed by atoms with E-state index in [-0.39, 0.29) is 37.8 Å². The number of rotatable bonds is 4. The number of anilines is 1. The van der Waals surface area contributed by atoms with E-state index in [1.54, 1.807) is 12.1 Å². The molecule has 2 fully saturated rings. The van der Waals surface area contributed by atoms with Gasteiger partial charge in [-0.3, -0.25) is 9.10 Å². The third kappa shape index (κ3) is 4.64. The van der Waals surface area contributed by atoms with Crippen molar-refractivity contribution in [2.24, 2.45) is 0 Å². The van der Waals surface area contributed by atoms with Crippen LogP contribution >= 0.6 is 0 Å². The molecule has 0 radical (unpaired) electrons. The monoisotopic (exact) mass is 517 g/mol. The Balaban J connectivity index is 1.45. The van der Waals surface area contributed by atoms with E-state index in [0.29, 0.717) is 24.2 Å². The van der Waals surface area contributed by atoms with Crippen LogP contribution in [-0.2, 0) is 26.2 Å². The molecule has 0 aromatic heterocycles. The van der Waals surface area contributed by atoms with Gasteiger partial charge in [-0.1, -0.05) is 12.1 Å². The summed E-state index contributed by atoms with van der Waals surface area (Å²) in [5.74, 6) is -0.294. The summed E-state index contributed by atoms with van der Waals surface area (Å²) >= 11 is 0. The molecule has 2 aromatic carbocycles. The van der Waals surface area contributed by atoms with Crippen LogP contribution in [0.15, 0.2) is 53.4 Å². The van der Waals surface area contributed by atoms with Crippen molar-refractivity contribution in [3.8, 4) is 0 Å². The van der Waals surface area contributed by atoms with Crippen LogP contribution in [0.25, 0.3) is 0 Å². The fourth-order valence-corrected chi connectivity index (χ4v) is 7.28. The lowest BCUT2D eigenvalue weighted by molar-refractivity contribution is -0.139. The first kappa shape index (κ1) is 24.5. The summed E-state index contributed by atoms with van der Waals surface area (Å²) in [6, 6.07) is 10.1. The van der Waals surface area contributed by atoms with Crippen LogP contribution in [0.4, 0.5) is 18.9 Å². The minimum absolute atomic E-state index is 0.00844. The van der Waals surface area contributed by atoms with E-state index in [4.69, 9.17) is 0 Å². The number of benzene rings is 2. The minimum Gasteiger partial charge on any atom is -0.336 e. The molecule has 0 N–H and O–H groups in total. The number of carbonyl (C=O) groups is 1. The maximum atomic E-state index is 13.3. The number of sulfonamides is 2. The van der Waals surface area contributed by atoms with Gasteiger partial charge in [0.15, 0.2) is 0 Å². The second-order valence-electron chi connectivity index (χ2n) is 7.98.